The van der Waals surface area contributed by atoms with Gasteiger partial charge in [0.15, 0.2) is 18.1 Å². The van der Waals surface area contributed by atoms with Crippen molar-refractivity contribution in [2.75, 3.05) is 6.61 Å². The van der Waals surface area contributed by atoms with E-state index in [1.165, 1.54) is 0 Å². The molecule has 6 heteroatoms. The van der Waals surface area contributed by atoms with E-state index in [9.17, 15) is 4.79 Å². The number of aryl methyl sites for hydroxylation is 1. The zero-order valence-corrected chi connectivity index (χ0v) is 16.7. The maximum atomic E-state index is 12.3. The number of nitrogens with zero attached hydrogens (tertiary/aromatic N) is 2. The van der Waals surface area contributed by atoms with Gasteiger partial charge < -0.3 is 19.2 Å². The van der Waals surface area contributed by atoms with Gasteiger partial charge in [-0.25, -0.2) is 4.98 Å². The number of nitrogens with one attached hydrogen (secondary N) is 1. The van der Waals surface area contributed by atoms with Crippen LogP contribution in [0, 0.1) is 6.92 Å². The standard InChI is InChI=1S/C24H23N3O3/c1-18-8-7-13-23-26-20(15-27(18)23)14-25-24(28)17-30-22-12-6-5-11-21(22)29-16-19-9-3-2-4-10-19/h2-13,15H,14,16-17H2,1H3,(H,25,28). The van der Waals surface area contributed by atoms with Crippen molar-refractivity contribution in [1.29, 1.82) is 0 Å². The Bertz CT molecular complexity index is 1140. The van der Waals surface area contributed by atoms with Crippen molar-refractivity contribution in [2.45, 2.75) is 20.1 Å². The summed E-state index contributed by atoms with van der Waals surface area (Å²) in [6.07, 6.45) is 1.93. The summed E-state index contributed by atoms with van der Waals surface area (Å²) >= 11 is 0. The number of pyridine rings is 1. The lowest BCUT2D eigenvalue weighted by atomic mass is 10.2. The topological polar surface area (TPSA) is 64.9 Å². The molecular formula is C24H23N3O3. The van der Waals surface area contributed by atoms with Crippen LogP contribution in [0.4, 0.5) is 0 Å². The molecule has 0 aliphatic rings. The molecule has 4 rings (SSSR count). The summed E-state index contributed by atoms with van der Waals surface area (Å²) in [5.41, 5.74) is 3.81. The lowest BCUT2D eigenvalue weighted by molar-refractivity contribution is -0.123. The number of para-hydroxylation sites is 2. The van der Waals surface area contributed by atoms with Crippen LogP contribution in [0.3, 0.4) is 0 Å². The minimum atomic E-state index is -0.221. The van der Waals surface area contributed by atoms with Crippen LogP contribution in [-0.2, 0) is 17.9 Å². The zero-order valence-electron chi connectivity index (χ0n) is 16.7. The summed E-state index contributed by atoms with van der Waals surface area (Å²) in [6.45, 7) is 2.69. The molecule has 6 nitrogen and oxygen atoms in total. The van der Waals surface area contributed by atoms with Crippen molar-refractivity contribution in [1.82, 2.24) is 14.7 Å². The average Bonchev–Trinajstić information content (AvgIpc) is 3.21. The van der Waals surface area contributed by atoms with E-state index in [1.807, 2.05) is 84.3 Å². The SMILES string of the molecule is Cc1cccc2nc(CNC(=O)COc3ccccc3OCc3ccccc3)cn12. The van der Waals surface area contributed by atoms with Crippen LogP contribution in [0.25, 0.3) is 5.65 Å². The van der Waals surface area contributed by atoms with Gasteiger partial charge in [0, 0.05) is 11.9 Å². The third-order valence-corrected chi connectivity index (χ3v) is 4.66. The molecule has 0 bridgehead atoms. The molecule has 0 saturated heterocycles. The molecule has 0 unspecified atom stereocenters. The fourth-order valence-electron chi connectivity index (χ4n) is 3.09. The second kappa shape index (κ2) is 9.13. The van der Waals surface area contributed by atoms with Crippen LogP contribution in [0.15, 0.2) is 79.0 Å². The molecule has 0 aliphatic heterocycles. The molecule has 2 aromatic carbocycles. The Balaban J connectivity index is 1.30. The van der Waals surface area contributed by atoms with Gasteiger partial charge in [0.05, 0.1) is 12.2 Å². The predicted octanol–water partition coefficient (Wildman–Crippen LogP) is 3.92. The minimum absolute atomic E-state index is 0.0991. The van der Waals surface area contributed by atoms with Crippen molar-refractivity contribution >= 4 is 11.6 Å². The Morgan fingerprint density at radius 3 is 2.43 bits per heavy atom. The molecule has 0 aliphatic carbocycles. The highest BCUT2D eigenvalue weighted by Gasteiger charge is 2.09. The Morgan fingerprint density at radius 1 is 0.933 bits per heavy atom. The van der Waals surface area contributed by atoms with Gasteiger partial charge in [0.1, 0.15) is 12.3 Å². The highest BCUT2D eigenvalue weighted by Crippen LogP contribution is 2.27. The number of amides is 1. The number of fused-ring (bicyclic) bond motifs is 1. The number of carbonyl (C=O) groups excluding carboxylic acids is 1. The van der Waals surface area contributed by atoms with Gasteiger partial charge in [-0.2, -0.15) is 0 Å². The molecule has 0 atom stereocenters. The first-order valence-electron chi connectivity index (χ1n) is 9.78. The predicted molar refractivity (Wildman–Crippen MR) is 114 cm³/mol. The number of hydrogen-bond donors (Lipinski definition) is 1. The average molecular weight is 401 g/mol. The maximum absolute atomic E-state index is 12.3. The van der Waals surface area contributed by atoms with E-state index in [1.54, 1.807) is 6.07 Å². The molecule has 1 N–H and O–H groups in total. The lowest BCUT2D eigenvalue weighted by Gasteiger charge is -2.12. The van der Waals surface area contributed by atoms with Gasteiger partial charge >= 0.3 is 0 Å². The zero-order chi connectivity index (χ0) is 20.8. The van der Waals surface area contributed by atoms with Gasteiger partial charge in [-0.05, 0) is 36.8 Å². The second-order valence-electron chi connectivity index (χ2n) is 6.91. The fourth-order valence-corrected chi connectivity index (χ4v) is 3.09. The molecule has 2 heterocycles. The summed E-state index contributed by atoms with van der Waals surface area (Å²) < 4.78 is 13.5. The number of carbonyl (C=O) groups is 1. The molecular weight excluding hydrogens is 378 g/mol. The molecule has 0 spiro atoms. The van der Waals surface area contributed by atoms with Crippen molar-refractivity contribution < 1.29 is 14.3 Å². The van der Waals surface area contributed by atoms with E-state index >= 15 is 0 Å². The molecule has 0 saturated carbocycles. The van der Waals surface area contributed by atoms with Crippen LogP contribution in [0.5, 0.6) is 11.5 Å². The monoisotopic (exact) mass is 401 g/mol. The highest BCUT2D eigenvalue weighted by atomic mass is 16.5. The van der Waals surface area contributed by atoms with Crippen LogP contribution < -0.4 is 14.8 Å². The van der Waals surface area contributed by atoms with E-state index in [2.05, 4.69) is 10.3 Å². The first kappa shape index (κ1) is 19.5. The molecule has 152 valence electrons. The van der Waals surface area contributed by atoms with E-state index in [0.717, 1.165) is 22.6 Å². The van der Waals surface area contributed by atoms with Crippen LogP contribution in [-0.4, -0.2) is 21.9 Å². The Labute approximate surface area is 175 Å². The fraction of sp³-hybridized carbons (Fsp3) is 0.167. The normalized spacial score (nSPS) is 10.7. The first-order chi connectivity index (χ1) is 14.7. The first-order valence-corrected chi connectivity index (χ1v) is 9.78. The van der Waals surface area contributed by atoms with Crippen LogP contribution >= 0.6 is 0 Å². The van der Waals surface area contributed by atoms with E-state index in [4.69, 9.17) is 9.47 Å². The summed E-state index contributed by atoms with van der Waals surface area (Å²) in [5.74, 6) is 0.915. The van der Waals surface area contributed by atoms with Gasteiger partial charge in [-0.15, -0.1) is 0 Å². The molecule has 2 aromatic heterocycles. The van der Waals surface area contributed by atoms with Gasteiger partial charge in [-0.3, -0.25) is 4.79 Å². The summed E-state index contributed by atoms with van der Waals surface area (Å²) in [7, 11) is 0. The van der Waals surface area contributed by atoms with Crippen LogP contribution in [0.2, 0.25) is 0 Å². The van der Waals surface area contributed by atoms with Crippen LogP contribution in [0.1, 0.15) is 17.0 Å². The second-order valence-corrected chi connectivity index (χ2v) is 6.91. The number of ether oxygens (including phenoxy) is 2. The summed E-state index contributed by atoms with van der Waals surface area (Å²) in [6, 6.07) is 23.2. The van der Waals surface area contributed by atoms with Gasteiger partial charge in [-0.1, -0.05) is 48.5 Å². The van der Waals surface area contributed by atoms with Crippen molar-refractivity contribution in [3.8, 4) is 11.5 Å². The number of hydrogen-bond acceptors (Lipinski definition) is 4. The Morgan fingerprint density at radius 2 is 1.67 bits per heavy atom. The van der Waals surface area contributed by atoms with Crippen molar-refractivity contribution in [3.63, 3.8) is 0 Å². The third-order valence-electron chi connectivity index (χ3n) is 4.66. The molecule has 1 amide bonds. The van der Waals surface area contributed by atoms with Crippen molar-refractivity contribution in [3.05, 3.63) is 95.9 Å². The Kier molecular flexibility index (Phi) is 5.94. The highest BCUT2D eigenvalue weighted by molar-refractivity contribution is 5.77. The van der Waals surface area contributed by atoms with E-state index in [0.29, 0.717) is 24.7 Å². The lowest BCUT2D eigenvalue weighted by Crippen LogP contribution is -2.28. The molecule has 4 aromatic rings. The number of benzene rings is 2. The molecule has 0 fully saturated rings. The summed E-state index contributed by atoms with van der Waals surface area (Å²) in [5, 5.41) is 2.85. The van der Waals surface area contributed by atoms with Gasteiger partial charge in [0.25, 0.3) is 5.91 Å². The number of rotatable bonds is 8. The summed E-state index contributed by atoms with van der Waals surface area (Å²) in [4.78, 5) is 16.8. The quantitative estimate of drug-likeness (QED) is 0.486. The van der Waals surface area contributed by atoms with Crippen molar-refractivity contribution in [2.24, 2.45) is 0 Å². The Hall–Kier alpha value is -3.80. The maximum Gasteiger partial charge on any atom is 0.258 e. The number of imidazole rings is 1. The smallest absolute Gasteiger partial charge is 0.258 e. The minimum Gasteiger partial charge on any atom is -0.485 e. The van der Waals surface area contributed by atoms with E-state index < -0.39 is 0 Å². The van der Waals surface area contributed by atoms with Gasteiger partial charge in [0.2, 0.25) is 0 Å². The number of aromatic nitrogens is 2. The molecule has 30 heavy (non-hydrogen) atoms. The largest absolute Gasteiger partial charge is 0.485 e. The molecule has 0 radical (unpaired) electrons. The third kappa shape index (κ3) is 4.78. The van der Waals surface area contributed by atoms with E-state index in [-0.39, 0.29) is 12.5 Å².